The van der Waals surface area contributed by atoms with E-state index < -0.39 is 0 Å². The van der Waals surface area contributed by atoms with Crippen molar-refractivity contribution in [1.29, 1.82) is 0 Å². The van der Waals surface area contributed by atoms with Crippen LogP contribution in [0, 0.1) is 0 Å². The SMILES string of the molecule is CCC(=O)Nc1cccc(NCC(=O)Nc2ccc(N(C)C(C)=O)cc2)c1. The Hall–Kier alpha value is -3.35. The van der Waals surface area contributed by atoms with Gasteiger partial charge < -0.3 is 20.9 Å². The van der Waals surface area contributed by atoms with Crippen molar-refractivity contribution in [1.82, 2.24) is 0 Å². The second-order valence-electron chi connectivity index (χ2n) is 6.01. The molecule has 0 aromatic heterocycles. The normalized spacial score (nSPS) is 10.0. The van der Waals surface area contributed by atoms with Gasteiger partial charge >= 0.3 is 0 Å². The molecule has 0 aliphatic rings. The van der Waals surface area contributed by atoms with Crippen LogP contribution in [0.2, 0.25) is 0 Å². The summed E-state index contributed by atoms with van der Waals surface area (Å²) in [4.78, 5) is 36.4. The molecule has 0 saturated heterocycles. The molecule has 7 heteroatoms. The first kappa shape index (κ1) is 20.0. The number of carbonyl (C=O) groups is 3. The second kappa shape index (κ2) is 9.38. The van der Waals surface area contributed by atoms with Crippen LogP contribution in [-0.2, 0) is 14.4 Å². The predicted octanol–water partition coefficient (Wildman–Crippen LogP) is 3.07. The molecule has 3 amide bonds. The van der Waals surface area contributed by atoms with E-state index >= 15 is 0 Å². The van der Waals surface area contributed by atoms with E-state index in [1.54, 1.807) is 56.4 Å². The fraction of sp³-hybridized carbons (Fsp3) is 0.250. The summed E-state index contributed by atoms with van der Waals surface area (Å²) >= 11 is 0. The summed E-state index contributed by atoms with van der Waals surface area (Å²) in [6.07, 6.45) is 0.404. The third-order valence-corrected chi connectivity index (χ3v) is 3.93. The van der Waals surface area contributed by atoms with E-state index in [4.69, 9.17) is 0 Å². The summed E-state index contributed by atoms with van der Waals surface area (Å²) in [5.74, 6) is -0.331. The maximum absolute atomic E-state index is 12.1. The van der Waals surface area contributed by atoms with Crippen molar-refractivity contribution in [3.8, 4) is 0 Å². The van der Waals surface area contributed by atoms with E-state index in [0.29, 0.717) is 17.8 Å². The highest BCUT2D eigenvalue weighted by atomic mass is 16.2. The lowest BCUT2D eigenvalue weighted by Crippen LogP contribution is -2.23. The monoisotopic (exact) mass is 368 g/mol. The minimum atomic E-state index is -0.203. The van der Waals surface area contributed by atoms with Gasteiger partial charge in [-0.25, -0.2) is 0 Å². The molecule has 0 spiro atoms. The molecule has 2 rings (SSSR count). The van der Waals surface area contributed by atoms with Crippen LogP contribution >= 0.6 is 0 Å². The molecule has 0 aliphatic carbocycles. The summed E-state index contributed by atoms with van der Waals surface area (Å²) in [5, 5.41) is 8.59. The molecule has 2 aromatic rings. The van der Waals surface area contributed by atoms with Gasteiger partial charge in [-0.3, -0.25) is 14.4 Å². The summed E-state index contributed by atoms with van der Waals surface area (Å²) < 4.78 is 0. The van der Waals surface area contributed by atoms with Crippen molar-refractivity contribution in [2.24, 2.45) is 0 Å². The zero-order chi connectivity index (χ0) is 19.8. The summed E-state index contributed by atoms with van der Waals surface area (Å²) in [6, 6.07) is 14.2. The molecular formula is C20H24N4O3. The minimum Gasteiger partial charge on any atom is -0.376 e. The first-order chi connectivity index (χ1) is 12.9. The van der Waals surface area contributed by atoms with E-state index in [1.807, 2.05) is 6.07 Å². The van der Waals surface area contributed by atoms with Crippen molar-refractivity contribution in [2.75, 3.05) is 34.4 Å². The van der Waals surface area contributed by atoms with Crippen LogP contribution in [0.4, 0.5) is 22.7 Å². The van der Waals surface area contributed by atoms with E-state index in [2.05, 4.69) is 16.0 Å². The van der Waals surface area contributed by atoms with Crippen LogP contribution in [0.5, 0.6) is 0 Å². The van der Waals surface area contributed by atoms with E-state index in [-0.39, 0.29) is 24.3 Å². The maximum Gasteiger partial charge on any atom is 0.243 e. The van der Waals surface area contributed by atoms with Crippen LogP contribution in [0.1, 0.15) is 20.3 Å². The first-order valence-electron chi connectivity index (χ1n) is 8.67. The molecule has 2 aromatic carbocycles. The number of rotatable bonds is 7. The van der Waals surface area contributed by atoms with Gasteiger partial charge in [0, 0.05) is 43.1 Å². The second-order valence-corrected chi connectivity index (χ2v) is 6.01. The van der Waals surface area contributed by atoms with E-state index in [1.165, 1.54) is 11.8 Å². The molecule has 0 atom stereocenters. The van der Waals surface area contributed by atoms with Gasteiger partial charge in [-0.05, 0) is 42.5 Å². The summed E-state index contributed by atoms with van der Waals surface area (Å²) in [7, 11) is 1.69. The topological polar surface area (TPSA) is 90.5 Å². The number of amides is 3. The van der Waals surface area contributed by atoms with Crippen molar-refractivity contribution < 1.29 is 14.4 Å². The molecule has 142 valence electrons. The van der Waals surface area contributed by atoms with Crippen molar-refractivity contribution >= 4 is 40.5 Å². The number of hydrogen-bond acceptors (Lipinski definition) is 4. The van der Waals surface area contributed by atoms with Gasteiger partial charge in [0.05, 0.1) is 6.54 Å². The van der Waals surface area contributed by atoms with Crippen molar-refractivity contribution in [2.45, 2.75) is 20.3 Å². The smallest absolute Gasteiger partial charge is 0.243 e. The Morgan fingerprint density at radius 2 is 1.52 bits per heavy atom. The van der Waals surface area contributed by atoms with Crippen LogP contribution in [-0.4, -0.2) is 31.3 Å². The Morgan fingerprint density at radius 3 is 2.15 bits per heavy atom. The first-order valence-corrected chi connectivity index (χ1v) is 8.67. The number of carbonyl (C=O) groups excluding carboxylic acids is 3. The maximum atomic E-state index is 12.1. The summed E-state index contributed by atoms with van der Waals surface area (Å²) in [5.41, 5.74) is 2.81. The highest BCUT2D eigenvalue weighted by molar-refractivity contribution is 5.95. The molecule has 0 aliphatic heterocycles. The Balaban J connectivity index is 1.88. The Kier molecular flexibility index (Phi) is 6.93. The third kappa shape index (κ3) is 6.14. The number of nitrogens with zero attached hydrogens (tertiary/aromatic N) is 1. The van der Waals surface area contributed by atoms with Gasteiger partial charge in [-0.1, -0.05) is 13.0 Å². The van der Waals surface area contributed by atoms with Gasteiger partial charge in [0.2, 0.25) is 17.7 Å². The fourth-order valence-corrected chi connectivity index (χ4v) is 2.29. The van der Waals surface area contributed by atoms with Gasteiger partial charge in [0.1, 0.15) is 0 Å². The molecule has 0 heterocycles. The van der Waals surface area contributed by atoms with Crippen LogP contribution < -0.4 is 20.9 Å². The lowest BCUT2D eigenvalue weighted by molar-refractivity contribution is -0.116. The highest BCUT2D eigenvalue weighted by Gasteiger charge is 2.07. The predicted molar refractivity (Wildman–Crippen MR) is 108 cm³/mol. The largest absolute Gasteiger partial charge is 0.376 e. The molecule has 7 nitrogen and oxygen atoms in total. The molecule has 3 N–H and O–H groups in total. The van der Waals surface area contributed by atoms with Gasteiger partial charge in [0.25, 0.3) is 0 Å². The van der Waals surface area contributed by atoms with Crippen molar-refractivity contribution in [3.05, 3.63) is 48.5 Å². The lowest BCUT2D eigenvalue weighted by Gasteiger charge is -2.15. The number of hydrogen-bond donors (Lipinski definition) is 3. The standard InChI is InChI=1S/C20H24N4O3/c1-4-19(26)23-17-7-5-6-16(12-17)21-13-20(27)22-15-8-10-18(11-9-15)24(3)14(2)25/h5-12,21H,4,13H2,1-3H3,(H,22,27)(H,23,26). The molecule has 0 fully saturated rings. The fourth-order valence-electron chi connectivity index (χ4n) is 2.29. The van der Waals surface area contributed by atoms with Crippen LogP contribution in [0.25, 0.3) is 0 Å². The Bertz CT molecular complexity index is 818. The van der Waals surface area contributed by atoms with Crippen molar-refractivity contribution in [3.63, 3.8) is 0 Å². The van der Waals surface area contributed by atoms with Gasteiger partial charge in [0.15, 0.2) is 0 Å². The van der Waals surface area contributed by atoms with E-state index in [0.717, 1.165) is 11.4 Å². The molecular weight excluding hydrogens is 344 g/mol. The summed E-state index contributed by atoms with van der Waals surface area (Å²) in [6.45, 7) is 3.36. The molecule has 0 radical (unpaired) electrons. The molecule has 27 heavy (non-hydrogen) atoms. The Morgan fingerprint density at radius 1 is 0.889 bits per heavy atom. The van der Waals surface area contributed by atoms with Crippen LogP contribution in [0.15, 0.2) is 48.5 Å². The molecule has 0 bridgehead atoms. The average Bonchev–Trinajstić information content (AvgIpc) is 2.66. The van der Waals surface area contributed by atoms with Gasteiger partial charge in [-0.15, -0.1) is 0 Å². The minimum absolute atomic E-state index is 0.0617. The number of nitrogens with one attached hydrogen (secondary N) is 3. The number of benzene rings is 2. The number of anilines is 4. The lowest BCUT2D eigenvalue weighted by atomic mass is 10.2. The van der Waals surface area contributed by atoms with Crippen LogP contribution in [0.3, 0.4) is 0 Å². The van der Waals surface area contributed by atoms with E-state index in [9.17, 15) is 14.4 Å². The average molecular weight is 368 g/mol. The Labute approximate surface area is 158 Å². The highest BCUT2D eigenvalue weighted by Crippen LogP contribution is 2.17. The molecule has 0 saturated carbocycles. The van der Waals surface area contributed by atoms with Gasteiger partial charge in [-0.2, -0.15) is 0 Å². The molecule has 0 unspecified atom stereocenters. The zero-order valence-corrected chi connectivity index (χ0v) is 15.7. The zero-order valence-electron chi connectivity index (χ0n) is 15.7. The third-order valence-electron chi connectivity index (χ3n) is 3.93. The quantitative estimate of drug-likeness (QED) is 0.700.